The largest absolute Gasteiger partial charge is 0.493 e. The number of carbonyl (C=O) groups is 2. The van der Waals surface area contributed by atoms with Crippen LogP contribution in [0.3, 0.4) is 0 Å². The Morgan fingerprint density at radius 2 is 1.96 bits per heavy atom. The Balaban J connectivity index is 2.05. The van der Waals surface area contributed by atoms with Crippen LogP contribution in [-0.4, -0.2) is 46.0 Å². The molecule has 0 aliphatic carbocycles. The molecule has 0 radical (unpaired) electrons. The number of benzene rings is 1. The highest BCUT2D eigenvalue weighted by atomic mass is 32.2. The molecule has 2 rings (SSSR count). The highest BCUT2D eigenvalue weighted by Gasteiger charge is 2.20. The summed E-state index contributed by atoms with van der Waals surface area (Å²) in [7, 11) is 3.09. The second-order valence-corrected chi connectivity index (χ2v) is 7.24. The van der Waals surface area contributed by atoms with Gasteiger partial charge in [-0.3, -0.25) is 9.59 Å². The van der Waals surface area contributed by atoms with Crippen LogP contribution in [0, 0.1) is 0 Å². The van der Waals surface area contributed by atoms with Gasteiger partial charge in [-0.15, -0.1) is 10.2 Å². The van der Waals surface area contributed by atoms with Crippen LogP contribution in [0.4, 0.5) is 5.69 Å². The molecule has 0 saturated carbocycles. The molecular weight excluding hydrogens is 382 g/mol. The molecule has 0 spiro atoms. The van der Waals surface area contributed by atoms with Crippen molar-refractivity contribution in [2.24, 2.45) is 5.73 Å². The quantitative estimate of drug-likeness (QED) is 0.577. The Morgan fingerprint density at radius 1 is 1.25 bits per heavy atom. The van der Waals surface area contributed by atoms with Crippen molar-refractivity contribution in [2.45, 2.75) is 43.6 Å². The maximum absolute atomic E-state index is 12.6. The molecule has 1 heterocycles. The van der Waals surface area contributed by atoms with Gasteiger partial charge in [0.25, 0.3) is 0 Å². The number of rotatable bonds is 10. The van der Waals surface area contributed by atoms with Crippen LogP contribution in [0.25, 0.3) is 0 Å². The van der Waals surface area contributed by atoms with Crippen molar-refractivity contribution < 1.29 is 19.1 Å². The summed E-state index contributed by atoms with van der Waals surface area (Å²) in [6.07, 6.45) is 0.626. The van der Waals surface area contributed by atoms with Gasteiger partial charge in [0.2, 0.25) is 11.8 Å². The number of aryl methyl sites for hydroxylation is 1. The molecular formula is C18H25N5O4S. The molecule has 1 atom stereocenters. The number of ether oxygens (including phenoxy) is 2. The fourth-order valence-electron chi connectivity index (χ4n) is 2.51. The van der Waals surface area contributed by atoms with E-state index in [1.165, 1.54) is 18.9 Å². The van der Waals surface area contributed by atoms with Gasteiger partial charge < -0.3 is 25.1 Å². The number of thioether (sulfide) groups is 1. The van der Waals surface area contributed by atoms with Gasteiger partial charge in [0, 0.05) is 31.1 Å². The third-order valence-electron chi connectivity index (χ3n) is 4.01. The first-order chi connectivity index (χ1) is 13.4. The van der Waals surface area contributed by atoms with Crippen molar-refractivity contribution in [2.75, 3.05) is 19.5 Å². The van der Waals surface area contributed by atoms with Gasteiger partial charge in [0.15, 0.2) is 16.7 Å². The molecule has 9 nitrogen and oxygen atoms in total. The van der Waals surface area contributed by atoms with Crippen LogP contribution in [0.5, 0.6) is 11.5 Å². The van der Waals surface area contributed by atoms with E-state index in [1.54, 1.807) is 32.2 Å². The molecule has 0 bridgehead atoms. The lowest BCUT2D eigenvalue weighted by molar-refractivity contribution is -0.118. The van der Waals surface area contributed by atoms with E-state index in [0.29, 0.717) is 41.1 Å². The van der Waals surface area contributed by atoms with Crippen LogP contribution in [-0.2, 0) is 22.6 Å². The first kappa shape index (κ1) is 21.5. The van der Waals surface area contributed by atoms with E-state index in [9.17, 15) is 9.59 Å². The Labute approximate surface area is 168 Å². The smallest absolute Gasteiger partial charge is 0.237 e. The van der Waals surface area contributed by atoms with Crippen LogP contribution in [0.2, 0.25) is 0 Å². The summed E-state index contributed by atoms with van der Waals surface area (Å²) in [5, 5.41) is 11.3. The number of hydrogen-bond acceptors (Lipinski definition) is 7. The highest BCUT2D eigenvalue weighted by Crippen LogP contribution is 2.30. The van der Waals surface area contributed by atoms with E-state index in [4.69, 9.17) is 15.2 Å². The van der Waals surface area contributed by atoms with Crippen molar-refractivity contribution in [3.8, 4) is 11.5 Å². The Morgan fingerprint density at radius 3 is 2.57 bits per heavy atom. The number of nitrogens with zero attached hydrogens (tertiary/aromatic N) is 3. The van der Waals surface area contributed by atoms with Crippen molar-refractivity contribution in [1.82, 2.24) is 14.8 Å². The zero-order valence-electron chi connectivity index (χ0n) is 16.4. The topological polar surface area (TPSA) is 121 Å². The normalized spacial score (nSPS) is 11.7. The van der Waals surface area contributed by atoms with Crippen LogP contribution >= 0.6 is 11.8 Å². The van der Waals surface area contributed by atoms with E-state index >= 15 is 0 Å². The summed E-state index contributed by atoms with van der Waals surface area (Å²) < 4.78 is 12.3. The molecule has 0 unspecified atom stereocenters. The monoisotopic (exact) mass is 407 g/mol. The number of nitrogens with one attached hydrogen (secondary N) is 1. The number of amides is 2. The third-order valence-corrected chi connectivity index (χ3v) is 5.09. The van der Waals surface area contributed by atoms with Gasteiger partial charge >= 0.3 is 0 Å². The lowest BCUT2D eigenvalue weighted by Crippen LogP contribution is -2.23. The molecule has 28 heavy (non-hydrogen) atoms. The average Bonchev–Trinajstić information content (AvgIpc) is 3.07. The van der Waals surface area contributed by atoms with Crippen molar-refractivity contribution in [3.05, 3.63) is 24.0 Å². The van der Waals surface area contributed by atoms with Gasteiger partial charge in [-0.2, -0.15) is 0 Å². The zero-order chi connectivity index (χ0) is 20.7. The van der Waals surface area contributed by atoms with Crippen molar-refractivity contribution in [1.29, 1.82) is 0 Å². The Hall–Kier alpha value is -2.75. The molecule has 2 aromatic rings. The standard InChI is InChI=1S/C18H25N5O4S/c1-5-23-16(9-8-15(19)24)21-22-18(23)28-11(2)17(25)20-12-6-7-13(26-3)14(10-12)27-4/h6-7,10-11H,5,8-9H2,1-4H3,(H2,19,24)(H,20,25)/t11-/m1/s1. The summed E-state index contributed by atoms with van der Waals surface area (Å²) >= 11 is 1.30. The first-order valence-corrected chi connectivity index (χ1v) is 9.67. The third kappa shape index (κ3) is 5.38. The van der Waals surface area contributed by atoms with Gasteiger partial charge in [-0.1, -0.05) is 11.8 Å². The SMILES string of the molecule is CCn1c(CCC(N)=O)nnc1S[C@H](C)C(=O)Nc1ccc(OC)c(OC)c1. The summed E-state index contributed by atoms with van der Waals surface area (Å²) in [4.78, 5) is 23.6. The van der Waals surface area contributed by atoms with Crippen LogP contribution in [0.1, 0.15) is 26.1 Å². The maximum Gasteiger partial charge on any atom is 0.237 e. The van der Waals surface area contributed by atoms with Gasteiger partial charge in [0.1, 0.15) is 5.82 Å². The molecule has 0 aliphatic rings. The molecule has 0 fully saturated rings. The summed E-state index contributed by atoms with van der Waals surface area (Å²) in [5.41, 5.74) is 5.81. The highest BCUT2D eigenvalue weighted by molar-refractivity contribution is 8.00. The lowest BCUT2D eigenvalue weighted by Gasteiger charge is -2.14. The predicted octanol–water partition coefficient (Wildman–Crippen LogP) is 1.85. The number of primary amides is 1. The lowest BCUT2D eigenvalue weighted by atomic mass is 10.2. The molecule has 10 heteroatoms. The molecule has 0 saturated heterocycles. The Kier molecular flexibility index (Phi) is 7.68. The summed E-state index contributed by atoms with van der Waals surface area (Å²) in [6.45, 7) is 4.38. The van der Waals surface area contributed by atoms with E-state index in [0.717, 1.165) is 0 Å². The fourth-order valence-corrected chi connectivity index (χ4v) is 3.45. The molecule has 0 aliphatic heterocycles. The molecule has 152 valence electrons. The molecule has 3 N–H and O–H groups in total. The van der Waals surface area contributed by atoms with Gasteiger partial charge in [-0.05, 0) is 26.0 Å². The number of nitrogens with two attached hydrogens (primary N) is 1. The van der Waals surface area contributed by atoms with E-state index < -0.39 is 5.25 Å². The zero-order valence-corrected chi connectivity index (χ0v) is 17.2. The van der Waals surface area contributed by atoms with E-state index in [-0.39, 0.29) is 18.2 Å². The first-order valence-electron chi connectivity index (χ1n) is 8.79. The van der Waals surface area contributed by atoms with Crippen LogP contribution in [0.15, 0.2) is 23.4 Å². The van der Waals surface area contributed by atoms with E-state index in [1.807, 2.05) is 11.5 Å². The second kappa shape index (κ2) is 9.98. The predicted molar refractivity (Wildman–Crippen MR) is 107 cm³/mol. The number of carbonyl (C=O) groups excluding carboxylic acids is 2. The second-order valence-electron chi connectivity index (χ2n) is 5.93. The number of methoxy groups -OCH3 is 2. The fraction of sp³-hybridized carbons (Fsp3) is 0.444. The Bertz CT molecular complexity index is 839. The van der Waals surface area contributed by atoms with E-state index in [2.05, 4.69) is 15.5 Å². The van der Waals surface area contributed by atoms with Crippen molar-refractivity contribution in [3.63, 3.8) is 0 Å². The summed E-state index contributed by atoms with van der Waals surface area (Å²) in [6, 6.07) is 5.17. The van der Waals surface area contributed by atoms with Crippen molar-refractivity contribution >= 4 is 29.3 Å². The minimum atomic E-state index is -0.411. The number of aromatic nitrogens is 3. The summed E-state index contributed by atoms with van der Waals surface area (Å²) in [5.74, 6) is 1.23. The van der Waals surface area contributed by atoms with Gasteiger partial charge in [0.05, 0.1) is 19.5 Å². The minimum absolute atomic E-state index is 0.179. The molecule has 1 aromatic carbocycles. The number of anilines is 1. The van der Waals surface area contributed by atoms with Crippen LogP contribution < -0.4 is 20.5 Å². The maximum atomic E-state index is 12.6. The number of hydrogen-bond donors (Lipinski definition) is 2. The minimum Gasteiger partial charge on any atom is -0.493 e. The average molecular weight is 407 g/mol. The molecule has 2 amide bonds. The van der Waals surface area contributed by atoms with Gasteiger partial charge in [-0.25, -0.2) is 0 Å². The molecule has 1 aromatic heterocycles.